The molecule has 0 aromatic rings. The van der Waals surface area contributed by atoms with Crippen molar-refractivity contribution in [3.63, 3.8) is 0 Å². The fourth-order valence-electron chi connectivity index (χ4n) is 3.02. The van der Waals surface area contributed by atoms with Gasteiger partial charge in [-0.25, -0.2) is 0 Å². The third-order valence-corrected chi connectivity index (χ3v) is 4.09. The van der Waals surface area contributed by atoms with Crippen LogP contribution in [0.5, 0.6) is 0 Å². The van der Waals surface area contributed by atoms with Crippen molar-refractivity contribution in [3.05, 3.63) is 0 Å². The van der Waals surface area contributed by atoms with Crippen molar-refractivity contribution in [2.45, 2.75) is 47.1 Å². The van der Waals surface area contributed by atoms with Crippen LogP contribution in [0.15, 0.2) is 0 Å². The summed E-state index contributed by atoms with van der Waals surface area (Å²) in [5.74, 6) is 1.97. The fourth-order valence-corrected chi connectivity index (χ4v) is 3.02. The first-order valence-corrected chi connectivity index (χ1v) is 7.17. The second-order valence-corrected chi connectivity index (χ2v) is 5.25. The standard InChI is InChI=1S/C12H24N2.C2H6/c1-4-13-7-11-5-6-14(10(2)3)9-12(11)8-13;1-2/h10-12H,4-9H2,1-3H3;1-2H3. The van der Waals surface area contributed by atoms with E-state index in [0.717, 1.165) is 17.9 Å². The normalized spacial score (nSPS) is 31.1. The van der Waals surface area contributed by atoms with Gasteiger partial charge >= 0.3 is 0 Å². The van der Waals surface area contributed by atoms with Gasteiger partial charge in [-0.1, -0.05) is 20.8 Å². The van der Waals surface area contributed by atoms with Gasteiger partial charge in [-0.05, 0) is 45.2 Å². The molecule has 2 aliphatic rings. The molecule has 2 saturated heterocycles. The van der Waals surface area contributed by atoms with Crippen molar-refractivity contribution in [2.24, 2.45) is 11.8 Å². The highest BCUT2D eigenvalue weighted by atomic mass is 15.2. The molecule has 0 aliphatic carbocycles. The predicted octanol–water partition coefficient (Wildman–Crippen LogP) is 2.69. The quantitative estimate of drug-likeness (QED) is 0.714. The Morgan fingerprint density at radius 3 is 2.25 bits per heavy atom. The van der Waals surface area contributed by atoms with Gasteiger partial charge in [0.25, 0.3) is 0 Å². The van der Waals surface area contributed by atoms with E-state index in [9.17, 15) is 0 Å². The Morgan fingerprint density at radius 1 is 1.06 bits per heavy atom. The zero-order chi connectivity index (χ0) is 12.1. The molecule has 0 amide bonds. The van der Waals surface area contributed by atoms with Crippen LogP contribution in [0.25, 0.3) is 0 Å². The summed E-state index contributed by atoms with van der Waals surface area (Å²) in [6.45, 7) is 17.6. The fraction of sp³-hybridized carbons (Fsp3) is 1.00. The molecule has 0 aromatic heterocycles. The highest BCUT2D eigenvalue weighted by Crippen LogP contribution is 2.31. The lowest BCUT2D eigenvalue weighted by molar-refractivity contribution is 0.118. The minimum atomic E-state index is 0.742. The number of hydrogen-bond donors (Lipinski definition) is 0. The Morgan fingerprint density at radius 2 is 1.69 bits per heavy atom. The molecule has 0 spiro atoms. The van der Waals surface area contributed by atoms with Crippen molar-refractivity contribution in [1.29, 1.82) is 0 Å². The monoisotopic (exact) mass is 226 g/mol. The van der Waals surface area contributed by atoms with Gasteiger partial charge in [0.15, 0.2) is 0 Å². The van der Waals surface area contributed by atoms with Gasteiger partial charge < -0.3 is 9.80 Å². The molecule has 2 atom stereocenters. The minimum absolute atomic E-state index is 0.742. The molecule has 16 heavy (non-hydrogen) atoms. The second-order valence-electron chi connectivity index (χ2n) is 5.25. The molecule has 2 unspecified atom stereocenters. The summed E-state index contributed by atoms with van der Waals surface area (Å²) >= 11 is 0. The maximum Gasteiger partial charge on any atom is 0.00387 e. The molecule has 2 fully saturated rings. The molecular formula is C14H30N2. The molecular weight excluding hydrogens is 196 g/mol. The van der Waals surface area contributed by atoms with Gasteiger partial charge in [0, 0.05) is 25.7 Å². The Kier molecular flexibility index (Phi) is 5.77. The zero-order valence-corrected chi connectivity index (χ0v) is 11.9. The molecule has 0 aromatic carbocycles. The minimum Gasteiger partial charge on any atom is -0.303 e. The largest absolute Gasteiger partial charge is 0.303 e. The lowest BCUT2D eigenvalue weighted by Crippen LogP contribution is -2.43. The number of likely N-dealkylation sites (tertiary alicyclic amines) is 2. The van der Waals surface area contributed by atoms with E-state index in [-0.39, 0.29) is 0 Å². The van der Waals surface area contributed by atoms with Crippen LogP contribution in [0.2, 0.25) is 0 Å². The SMILES string of the molecule is CC.CCN1CC2CCN(C(C)C)CC2C1. The Hall–Kier alpha value is -0.0800. The van der Waals surface area contributed by atoms with Crippen LogP contribution in [-0.2, 0) is 0 Å². The average molecular weight is 226 g/mol. The van der Waals surface area contributed by atoms with Gasteiger partial charge in [0.05, 0.1) is 0 Å². The van der Waals surface area contributed by atoms with Gasteiger partial charge in [-0.2, -0.15) is 0 Å². The highest BCUT2D eigenvalue weighted by Gasteiger charge is 2.36. The smallest absolute Gasteiger partial charge is 0.00387 e. The molecule has 0 saturated carbocycles. The molecule has 2 aliphatic heterocycles. The van der Waals surface area contributed by atoms with Gasteiger partial charge in [0.1, 0.15) is 0 Å². The van der Waals surface area contributed by atoms with Gasteiger partial charge in [-0.15, -0.1) is 0 Å². The van der Waals surface area contributed by atoms with Crippen molar-refractivity contribution in [3.8, 4) is 0 Å². The second kappa shape index (κ2) is 6.61. The third kappa shape index (κ3) is 3.21. The summed E-state index contributed by atoms with van der Waals surface area (Å²) in [6.07, 6.45) is 1.43. The number of rotatable bonds is 2. The summed E-state index contributed by atoms with van der Waals surface area (Å²) in [7, 11) is 0. The van der Waals surface area contributed by atoms with Crippen molar-refractivity contribution in [1.82, 2.24) is 9.80 Å². The summed E-state index contributed by atoms with van der Waals surface area (Å²) in [5, 5.41) is 0. The van der Waals surface area contributed by atoms with E-state index in [1.54, 1.807) is 0 Å². The number of hydrogen-bond acceptors (Lipinski definition) is 2. The van der Waals surface area contributed by atoms with E-state index in [1.807, 2.05) is 13.8 Å². The van der Waals surface area contributed by atoms with E-state index in [4.69, 9.17) is 0 Å². The Labute approximate surface area is 102 Å². The zero-order valence-electron chi connectivity index (χ0n) is 11.9. The molecule has 2 nitrogen and oxygen atoms in total. The van der Waals surface area contributed by atoms with Crippen molar-refractivity contribution >= 4 is 0 Å². The Balaban J connectivity index is 0.000000606. The number of piperidine rings is 1. The van der Waals surface area contributed by atoms with Crippen LogP contribution in [0.3, 0.4) is 0 Å². The first-order chi connectivity index (χ1) is 7.70. The molecule has 2 rings (SSSR count). The first kappa shape index (κ1) is 14.0. The Bertz CT molecular complexity index is 191. The van der Waals surface area contributed by atoms with Gasteiger partial charge in [0.2, 0.25) is 0 Å². The van der Waals surface area contributed by atoms with Crippen LogP contribution < -0.4 is 0 Å². The maximum absolute atomic E-state index is 2.65. The van der Waals surface area contributed by atoms with Crippen LogP contribution in [0.4, 0.5) is 0 Å². The molecule has 0 radical (unpaired) electrons. The molecule has 0 bridgehead atoms. The van der Waals surface area contributed by atoms with Crippen LogP contribution in [-0.4, -0.2) is 48.6 Å². The predicted molar refractivity (Wildman–Crippen MR) is 71.8 cm³/mol. The molecule has 96 valence electrons. The lowest BCUT2D eigenvalue weighted by Gasteiger charge is -2.36. The first-order valence-electron chi connectivity index (χ1n) is 7.17. The average Bonchev–Trinajstić information content (AvgIpc) is 2.73. The molecule has 0 N–H and O–H groups in total. The van der Waals surface area contributed by atoms with Crippen molar-refractivity contribution in [2.75, 3.05) is 32.7 Å². The lowest BCUT2D eigenvalue weighted by atomic mass is 9.88. The van der Waals surface area contributed by atoms with Crippen LogP contribution >= 0.6 is 0 Å². The number of nitrogens with zero attached hydrogens (tertiary/aromatic N) is 2. The van der Waals surface area contributed by atoms with Crippen LogP contribution in [0.1, 0.15) is 41.0 Å². The molecule has 2 heterocycles. The summed E-state index contributed by atoms with van der Waals surface area (Å²) in [5.41, 5.74) is 0. The topological polar surface area (TPSA) is 6.48 Å². The van der Waals surface area contributed by atoms with Crippen molar-refractivity contribution < 1.29 is 0 Å². The summed E-state index contributed by atoms with van der Waals surface area (Å²) < 4.78 is 0. The molecule has 2 heteroatoms. The van der Waals surface area contributed by atoms with Crippen LogP contribution in [0, 0.1) is 11.8 Å². The van der Waals surface area contributed by atoms with E-state index < -0.39 is 0 Å². The van der Waals surface area contributed by atoms with E-state index in [1.165, 1.54) is 39.1 Å². The maximum atomic E-state index is 2.65. The van der Waals surface area contributed by atoms with E-state index >= 15 is 0 Å². The van der Waals surface area contributed by atoms with E-state index in [0.29, 0.717) is 0 Å². The summed E-state index contributed by atoms with van der Waals surface area (Å²) in [4.78, 5) is 5.28. The number of fused-ring (bicyclic) bond motifs is 1. The third-order valence-electron chi connectivity index (χ3n) is 4.09. The van der Waals surface area contributed by atoms with Gasteiger partial charge in [-0.3, -0.25) is 0 Å². The summed E-state index contributed by atoms with van der Waals surface area (Å²) in [6, 6.07) is 0.742. The highest BCUT2D eigenvalue weighted by molar-refractivity contribution is 4.90. The van der Waals surface area contributed by atoms with E-state index in [2.05, 4.69) is 30.6 Å².